The first-order chi connectivity index (χ1) is 11.3. The van der Waals surface area contributed by atoms with Crippen molar-refractivity contribution in [3.05, 3.63) is 63.4 Å². The SMILES string of the molecule is Cc1cccc(C)c1NC(=O)[C@@H](C)OC(=O)c1cc(Br)ccc1F. The fourth-order valence-corrected chi connectivity index (χ4v) is 2.53. The number of carbonyl (C=O) groups is 2. The summed E-state index contributed by atoms with van der Waals surface area (Å²) in [6, 6.07) is 9.57. The van der Waals surface area contributed by atoms with Crippen LogP contribution in [0.2, 0.25) is 0 Å². The van der Waals surface area contributed by atoms with Crippen molar-refractivity contribution in [2.75, 3.05) is 5.32 Å². The number of ether oxygens (including phenoxy) is 1. The number of carbonyl (C=O) groups excluding carboxylic acids is 2. The highest BCUT2D eigenvalue weighted by Crippen LogP contribution is 2.20. The van der Waals surface area contributed by atoms with E-state index < -0.39 is 23.8 Å². The monoisotopic (exact) mass is 393 g/mol. The van der Waals surface area contributed by atoms with E-state index in [0.29, 0.717) is 10.2 Å². The Morgan fingerprint density at radius 2 is 1.79 bits per heavy atom. The molecule has 0 radical (unpaired) electrons. The second-order valence-corrected chi connectivity index (χ2v) is 6.34. The van der Waals surface area contributed by atoms with E-state index in [1.165, 1.54) is 19.1 Å². The van der Waals surface area contributed by atoms with Gasteiger partial charge in [0.2, 0.25) is 0 Å². The molecule has 6 heteroatoms. The number of aryl methyl sites for hydroxylation is 2. The number of halogens is 2. The second kappa shape index (κ2) is 7.57. The van der Waals surface area contributed by atoms with Crippen molar-refractivity contribution in [1.29, 1.82) is 0 Å². The van der Waals surface area contributed by atoms with Gasteiger partial charge in [0.25, 0.3) is 5.91 Å². The molecule has 0 aliphatic heterocycles. The molecule has 2 rings (SSSR count). The zero-order valence-electron chi connectivity index (χ0n) is 13.5. The molecule has 0 aliphatic rings. The second-order valence-electron chi connectivity index (χ2n) is 5.43. The van der Waals surface area contributed by atoms with E-state index in [9.17, 15) is 14.0 Å². The Hall–Kier alpha value is -2.21. The van der Waals surface area contributed by atoms with Gasteiger partial charge >= 0.3 is 5.97 Å². The Kier molecular flexibility index (Phi) is 5.72. The predicted molar refractivity (Wildman–Crippen MR) is 93.5 cm³/mol. The van der Waals surface area contributed by atoms with E-state index in [0.717, 1.165) is 17.2 Å². The van der Waals surface area contributed by atoms with Gasteiger partial charge in [-0.3, -0.25) is 4.79 Å². The Morgan fingerprint density at radius 1 is 1.17 bits per heavy atom. The number of hydrogen-bond acceptors (Lipinski definition) is 3. The van der Waals surface area contributed by atoms with E-state index in [-0.39, 0.29) is 5.56 Å². The number of para-hydroxylation sites is 1. The summed E-state index contributed by atoms with van der Waals surface area (Å²) in [6.45, 7) is 5.18. The van der Waals surface area contributed by atoms with Gasteiger partial charge in [-0.2, -0.15) is 0 Å². The molecule has 0 spiro atoms. The van der Waals surface area contributed by atoms with Gasteiger partial charge in [0, 0.05) is 10.2 Å². The third kappa shape index (κ3) is 4.20. The fourth-order valence-electron chi connectivity index (χ4n) is 2.17. The zero-order valence-corrected chi connectivity index (χ0v) is 15.1. The average molecular weight is 394 g/mol. The number of benzene rings is 2. The Morgan fingerprint density at radius 3 is 2.42 bits per heavy atom. The first-order valence-electron chi connectivity index (χ1n) is 7.32. The predicted octanol–water partition coefficient (Wildman–Crippen LogP) is 4.39. The van der Waals surface area contributed by atoms with Crippen LogP contribution in [0.5, 0.6) is 0 Å². The molecule has 126 valence electrons. The molecule has 2 aromatic carbocycles. The molecule has 1 atom stereocenters. The van der Waals surface area contributed by atoms with Crippen LogP contribution in [-0.2, 0) is 9.53 Å². The summed E-state index contributed by atoms with van der Waals surface area (Å²) in [5.41, 5.74) is 2.26. The van der Waals surface area contributed by atoms with Crippen molar-refractivity contribution < 1.29 is 18.7 Å². The first-order valence-corrected chi connectivity index (χ1v) is 8.12. The van der Waals surface area contributed by atoms with Crippen LogP contribution in [0.15, 0.2) is 40.9 Å². The maximum atomic E-state index is 13.7. The highest BCUT2D eigenvalue weighted by Gasteiger charge is 2.22. The molecule has 1 amide bonds. The molecule has 24 heavy (non-hydrogen) atoms. The van der Waals surface area contributed by atoms with Gasteiger partial charge in [0.1, 0.15) is 5.82 Å². The van der Waals surface area contributed by atoms with Crippen LogP contribution < -0.4 is 5.32 Å². The van der Waals surface area contributed by atoms with Gasteiger partial charge in [0.15, 0.2) is 6.10 Å². The lowest BCUT2D eigenvalue weighted by atomic mass is 10.1. The molecule has 0 bridgehead atoms. The van der Waals surface area contributed by atoms with Crippen LogP contribution in [0.1, 0.15) is 28.4 Å². The van der Waals surface area contributed by atoms with E-state index >= 15 is 0 Å². The van der Waals surface area contributed by atoms with Crippen molar-refractivity contribution in [1.82, 2.24) is 0 Å². The molecule has 0 saturated heterocycles. The highest BCUT2D eigenvalue weighted by atomic mass is 79.9. The van der Waals surface area contributed by atoms with Crippen molar-refractivity contribution in [3.8, 4) is 0 Å². The highest BCUT2D eigenvalue weighted by molar-refractivity contribution is 9.10. The third-order valence-electron chi connectivity index (χ3n) is 3.53. The van der Waals surface area contributed by atoms with E-state index in [1.54, 1.807) is 0 Å². The first kappa shape index (κ1) is 18.1. The Balaban J connectivity index is 2.09. The summed E-state index contributed by atoms with van der Waals surface area (Å²) in [5.74, 6) is -2.07. The van der Waals surface area contributed by atoms with Gasteiger partial charge in [0.05, 0.1) is 5.56 Å². The van der Waals surface area contributed by atoms with E-state index in [1.807, 2.05) is 32.0 Å². The summed E-state index contributed by atoms with van der Waals surface area (Å²) < 4.78 is 19.3. The molecule has 0 unspecified atom stereocenters. The maximum absolute atomic E-state index is 13.7. The standard InChI is InChI=1S/C18H17BrFNO3/c1-10-5-4-6-11(2)16(10)21-17(22)12(3)24-18(23)14-9-13(19)7-8-15(14)20/h4-9,12H,1-3H3,(H,21,22)/t12-/m1/s1. The molecular weight excluding hydrogens is 377 g/mol. The topological polar surface area (TPSA) is 55.4 Å². The normalized spacial score (nSPS) is 11.7. The van der Waals surface area contributed by atoms with Crippen molar-refractivity contribution in [2.24, 2.45) is 0 Å². The van der Waals surface area contributed by atoms with Crippen molar-refractivity contribution in [2.45, 2.75) is 26.9 Å². The number of anilines is 1. The molecule has 0 aromatic heterocycles. The van der Waals surface area contributed by atoms with Crippen LogP contribution in [0.4, 0.5) is 10.1 Å². The minimum Gasteiger partial charge on any atom is -0.449 e. The minimum atomic E-state index is -1.06. The number of hydrogen-bond donors (Lipinski definition) is 1. The lowest BCUT2D eigenvalue weighted by molar-refractivity contribution is -0.123. The maximum Gasteiger partial charge on any atom is 0.341 e. The number of nitrogens with one attached hydrogen (secondary N) is 1. The van der Waals surface area contributed by atoms with Gasteiger partial charge in [-0.05, 0) is 50.1 Å². The number of rotatable bonds is 4. The van der Waals surface area contributed by atoms with Crippen LogP contribution in [0.3, 0.4) is 0 Å². The molecule has 0 fully saturated rings. The van der Waals surface area contributed by atoms with Gasteiger partial charge in [-0.15, -0.1) is 0 Å². The minimum absolute atomic E-state index is 0.226. The molecule has 1 N–H and O–H groups in total. The third-order valence-corrected chi connectivity index (χ3v) is 4.02. The lowest BCUT2D eigenvalue weighted by Gasteiger charge is -2.16. The van der Waals surface area contributed by atoms with Gasteiger partial charge in [-0.1, -0.05) is 34.1 Å². The zero-order chi connectivity index (χ0) is 17.9. The van der Waals surface area contributed by atoms with Gasteiger partial charge in [-0.25, -0.2) is 9.18 Å². The number of amides is 1. The Bertz CT molecular complexity index is 772. The molecule has 0 aliphatic carbocycles. The smallest absolute Gasteiger partial charge is 0.341 e. The number of esters is 1. The lowest BCUT2D eigenvalue weighted by Crippen LogP contribution is -2.30. The summed E-state index contributed by atoms with van der Waals surface area (Å²) in [7, 11) is 0. The van der Waals surface area contributed by atoms with E-state index in [2.05, 4.69) is 21.2 Å². The molecule has 0 heterocycles. The fraction of sp³-hybridized carbons (Fsp3) is 0.222. The van der Waals surface area contributed by atoms with Crippen LogP contribution in [-0.4, -0.2) is 18.0 Å². The van der Waals surface area contributed by atoms with Crippen LogP contribution >= 0.6 is 15.9 Å². The molecule has 4 nitrogen and oxygen atoms in total. The molecule has 0 saturated carbocycles. The van der Waals surface area contributed by atoms with Crippen LogP contribution in [0.25, 0.3) is 0 Å². The molecule has 2 aromatic rings. The quantitative estimate of drug-likeness (QED) is 0.783. The van der Waals surface area contributed by atoms with Crippen molar-refractivity contribution in [3.63, 3.8) is 0 Å². The van der Waals surface area contributed by atoms with Gasteiger partial charge < -0.3 is 10.1 Å². The largest absolute Gasteiger partial charge is 0.449 e. The summed E-state index contributed by atoms with van der Waals surface area (Å²) in [4.78, 5) is 24.3. The summed E-state index contributed by atoms with van der Waals surface area (Å²) in [6.07, 6.45) is -1.06. The molecular formula is C18H17BrFNO3. The Labute approximate surface area is 148 Å². The summed E-state index contributed by atoms with van der Waals surface area (Å²) in [5, 5.41) is 2.74. The van der Waals surface area contributed by atoms with Crippen molar-refractivity contribution >= 4 is 33.5 Å². The van der Waals surface area contributed by atoms with Crippen LogP contribution in [0, 0.1) is 19.7 Å². The summed E-state index contributed by atoms with van der Waals surface area (Å²) >= 11 is 3.17. The van der Waals surface area contributed by atoms with E-state index in [4.69, 9.17) is 4.74 Å². The average Bonchev–Trinajstić information content (AvgIpc) is 2.53.